The molecular weight excluding hydrogens is 454 g/mol. The fraction of sp³-hybridized carbons (Fsp3) is 0.800. The van der Waals surface area contributed by atoms with E-state index in [-0.39, 0.29) is 29.7 Å². The monoisotopic (exact) mass is 489 g/mol. The highest BCUT2D eigenvalue weighted by Crippen LogP contribution is 2.57. The average molecular weight is 490 g/mol. The molecule has 7 rings (SSSR count). The van der Waals surface area contributed by atoms with Gasteiger partial charge in [0.15, 0.2) is 0 Å². The van der Waals surface area contributed by atoms with Crippen LogP contribution in [0.1, 0.15) is 94.0 Å². The molecule has 1 aromatic rings. The van der Waals surface area contributed by atoms with Crippen LogP contribution in [-0.4, -0.2) is 45.1 Å². The predicted molar refractivity (Wildman–Crippen MR) is 125 cm³/mol. The molecule has 0 aliphatic heterocycles. The maximum Gasteiger partial charge on any atom is 0.291 e. The van der Waals surface area contributed by atoms with Crippen LogP contribution in [0.2, 0.25) is 0 Å². The Morgan fingerprint density at radius 1 is 1.15 bits per heavy atom. The van der Waals surface area contributed by atoms with Crippen LogP contribution in [0.25, 0.3) is 0 Å². The summed E-state index contributed by atoms with van der Waals surface area (Å²) in [5.41, 5.74) is 3.97. The van der Waals surface area contributed by atoms with Crippen molar-refractivity contribution >= 4 is 23.6 Å². The SMILES string of the molecule is NC(=O)C1(COc2noc(C(=O)NC34CC5CC(CC(O)(C5)C3)C4)c2SC2CCCC2)CCC1. The van der Waals surface area contributed by atoms with Crippen molar-refractivity contribution in [2.75, 3.05) is 6.61 Å². The number of hydrogen-bond acceptors (Lipinski definition) is 7. The number of carbonyl (C=O) groups excluding carboxylic acids is 2. The van der Waals surface area contributed by atoms with Crippen molar-refractivity contribution < 1.29 is 24.0 Å². The second-order valence-electron chi connectivity index (χ2n) is 11.9. The zero-order valence-electron chi connectivity index (χ0n) is 19.6. The Bertz CT molecular complexity index is 969. The van der Waals surface area contributed by atoms with E-state index >= 15 is 0 Å². The van der Waals surface area contributed by atoms with E-state index in [0.717, 1.165) is 51.4 Å². The van der Waals surface area contributed by atoms with E-state index in [1.807, 2.05) is 0 Å². The molecule has 6 saturated carbocycles. The minimum Gasteiger partial charge on any atom is -0.474 e. The Morgan fingerprint density at radius 2 is 1.85 bits per heavy atom. The number of primary amides is 1. The first-order valence-electron chi connectivity index (χ1n) is 12.9. The smallest absolute Gasteiger partial charge is 0.291 e. The largest absolute Gasteiger partial charge is 0.474 e. The molecule has 4 N–H and O–H groups in total. The lowest BCUT2D eigenvalue weighted by Crippen LogP contribution is -2.65. The number of thioether (sulfide) groups is 1. The summed E-state index contributed by atoms with van der Waals surface area (Å²) >= 11 is 1.61. The van der Waals surface area contributed by atoms with Crippen LogP contribution in [0.3, 0.4) is 0 Å². The van der Waals surface area contributed by atoms with Crippen LogP contribution >= 0.6 is 11.8 Å². The van der Waals surface area contributed by atoms with Gasteiger partial charge in [-0.25, -0.2) is 0 Å². The second kappa shape index (κ2) is 8.15. The number of aromatic nitrogens is 1. The van der Waals surface area contributed by atoms with Gasteiger partial charge in [-0.2, -0.15) is 0 Å². The van der Waals surface area contributed by atoms with Crippen LogP contribution < -0.4 is 15.8 Å². The minimum atomic E-state index is -0.652. The summed E-state index contributed by atoms with van der Waals surface area (Å²) in [6.07, 6.45) is 12.2. The quantitative estimate of drug-likeness (QED) is 0.509. The number of aliphatic hydroxyl groups is 1. The third-order valence-electron chi connectivity index (χ3n) is 9.14. The molecule has 6 fully saturated rings. The highest BCUT2D eigenvalue weighted by atomic mass is 32.2. The Balaban J connectivity index is 1.23. The van der Waals surface area contributed by atoms with Crippen LogP contribution in [0, 0.1) is 17.3 Å². The van der Waals surface area contributed by atoms with Crippen LogP contribution in [0.4, 0.5) is 0 Å². The number of nitrogens with zero attached hydrogens (tertiary/aromatic N) is 1. The fourth-order valence-corrected chi connectivity index (χ4v) is 9.05. The van der Waals surface area contributed by atoms with Gasteiger partial charge in [0.1, 0.15) is 11.5 Å². The molecule has 6 aliphatic carbocycles. The van der Waals surface area contributed by atoms with Gasteiger partial charge in [0.05, 0.1) is 11.0 Å². The summed E-state index contributed by atoms with van der Waals surface area (Å²) in [5.74, 6) is 0.807. The summed E-state index contributed by atoms with van der Waals surface area (Å²) in [5, 5.41) is 18.9. The molecule has 0 radical (unpaired) electrons. The maximum atomic E-state index is 13.5. The van der Waals surface area contributed by atoms with Crippen LogP contribution in [0.5, 0.6) is 5.88 Å². The van der Waals surface area contributed by atoms with E-state index < -0.39 is 11.0 Å². The zero-order valence-corrected chi connectivity index (χ0v) is 20.5. The Morgan fingerprint density at radius 3 is 2.44 bits per heavy atom. The molecule has 2 atom stereocenters. The zero-order chi connectivity index (χ0) is 23.6. The molecule has 1 heterocycles. The Labute approximate surface area is 204 Å². The number of amides is 2. The molecule has 0 saturated heterocycles. The molecule has 1 aromatic heterocycles. The first-order valence-corrected chi connectivity index (χ1v) is 13.8. The van der Waals surface area contributed by atoms with Gasteiger partial charge in [0.25, 0.3) is 11.8 Å². The van der Waals surface area contributed by atoms with Gasteiger partial charge >= 0.3 is 0 Å². The molecule has 34 heavy (non-hydrogen) atoms. The Kier molecular flexibility index (Phi) is 5.44. The summed E-state index contributed by atoms with van der Waals surface area (Å²) in [7, 11) is 0. The first kappa shape index (κ1) is 22.7. The number of nitrogens with one attached hydrogen (secondary N) is 1. The van der Waals surface area contributed by atoms with E-state index in [1.165, 1.54) is 12.8 Å². The topological polar surface area (TPSA) is 128 Å². The molecule has 2 unspecified atom stereocenters. The molecule has 4 bridgehead atoms. The molecule has 0 aromatic carbocycles. The van der Waals surface area contributed by atoms with Crippen molar-refractivity contribution in [2.45, 2.75) is 105 Å². The third-order valence-corrected chi connectivity index (χ3v) is 10.5. The van der Waals surface area contributed by atoms with Crippen molar-refractivity contribution in [1.29, 1.82) is 0 Å². The average Bonchev–Trinajstić information content (AvgIpc) is 3.35. The Hall–Kier alpha value is -1.74. The van der Waals surface area contributed by atoms with Gasteiger partial charge < -0.3 is 25.4 Å². The van der Waals surface area contributed by atoms with Crippen molar-refractivity contribution in [1.82, 2.24) is 10.5 Å². The fourth-order valence-electron chi connectivity index (χ4n) is 7.71. The molecule has 6 aliphatic rings. The first-order chi connectivity index (χ1) is 16.3. The van der Waals surface area contributed by atoms with E-state index in [2.05, 4.69) is 10.5 Å². The van der Waals surface area contributed by atoms with E-state index in [9.17, 15) is 14.7 Å². The van der Waals surface area contributed by atoms with E-state index in [0.29, 0.717) is 47.1 Å². The summed E-state index contributed by atoms with van der Waals surface area (Å²) < 4.78 is 11.6. The highest BCUT2D eigenvalue weighted by molar-refractivity contribution is 8.00. The summed E-state index contributed by atoms with van der Waals surface area (Å²) in [6, 6.07) is 0. The van der Waals surface area contributed by atoms with E-state index in [1.54, 1.807) is 11.8 Å². The summed E-state index contributed by atoms with van der Waals surface area (Å²) in [6.45, 7) is 0.161. The van der Waals surface area contributed by atoms with Gasteiger partial charge in [-0.15, -0.1) is 11.8 Å². The molecule has 0 spiro atoms. The molecule has 9 heteroatoms. The molecule has 2 amide bonds. The van der Waals surface area contributed by atoms with Crippen LogP contribution in [0.15, 0.2) is 9.42 Å². The lowest BCUT2D eigenvalue weighted by Gasteiger charge is -2.60. The van der Waals surface area contributed by atoms with Gasteiger partial charge in [-0.3, -0.25) is 9.59 Å². The lowest BCUT2D eigenvalue weighted by atomic mass is 9.51. The summed E-state index contributed by atoms with van der Waals surface area (Å²) in [4.78, 5) is 26.2. The van der Waals surface area contributed by atoms with Gasteiger partial charge in [-0.1, -0.05) is 19.3 Å². The van der Waals surface area contributed by atoms with Crippen molar-refractivity contribution in [3.8, 4) is 5.88 Å². The van der Waals surface area contributed by atoms with Crippen LogP contribution in [-0.2, 0) is 4.79 Å². The van der Waals surface area contributed by atoms with Crippen molar-refractivity contribution in [2.24, 2.45) is 23.0 Å². The normalized spacial score (nSPS) is 35.8. The van der Waals surface area contributed by atoms with Gasteiger partial charge in [-0.05, 0) is 81.2 Å². The molecule has 8 nitrogen and oxygen atoms in total. The number of ether oxygens (including phenoxy) is 1. The molecule has 186 valence electrons. The number of nitrogens with two attached hydrogens (primary N) is 1. The van der Waals surface area contributed by atoms with E-state index in [4.69, 9.17) is 15.0 Å². The van der Waals surface area contributed by atoms with Gasteiger partial charge in [0, 0.05) is 10.8 Å². The number of carbonyl (C=O) groups is 2. The molecular formula is C25H35N3O5S. The standard InChI is InChI=1S/C25H35N3O5S/c26-22(30)23(6-3-7-23)14-32-21-19(34-17-4-1-2-5-17)18(33-28-21)20(29)27-24-9-15-8-16(10-24)12-25(31,11-15)13-24/h15-17,31H,1-14H2,(H2,26,30)(H,27,29). The number of rotatable bonds is 8. The van der Waals surface area contributed by atoms with Crippen molar-refractivity contribution in [3.63, 3.8) is 0 Å². The number of hydrogen-bond donors (Lipinski definition) is 3. The van der Waals surface area contributed by atoms with Gasteiger partial charge in [0.2, 0.25) is 11.7 Å². The highest BCUT2D eigenvalue weighted by Gasteiger charge is 2.58. The maximum absolute atomic E-state index is 13.5. The minimum absolute atomic E-state index is 0.161. The van der Waals surface area contributed by atoms with Crippen molar-refractivity contribution in [3.05, 3.63) is 5.76 Å². The predicted octanol–water partition coefficient (Wildman–Crippen LogP) is 3.56. The third kappa shape index (κ3) is 3.92. The lowest BCUT2D eigenvalue weighted by molar-refractivity contribution is -0.139. The second-order valence-corrected chi connectivity index (χ2v) is 13.2.